The standard InChI is InChI=1S/C29H36N4O4/c1-36-25-14-20(15-26(17-25)37-2)19-33-13-11-24(32-27(29(33)35)8-5-12-30)18-31-28(34)23-10-9-21-6-3-4-7-22(21)16-23/h3-4,6-7,9-10,14-17,24,27,32H,5,8,11-13,18-19,30H2,1-2H3,(H,31,34)/t24-,27-/m0/s1. The summed E-state index contributed by atoms with van der Waals surface area (Å²) in [6.45, 7) is 1.96. The van der Waals surface area contributed by atoms with Gasteiger partial charge in [0.25, 0.3) is 5.91 Å². The summed E-state index contributed by atoms with van der Waals surface area (Å²) < 4.78 is 10.8. The fourth-order valence-corrected chi connectivity index (χ4v) is 4.75. The highest BCUT2D eigenvalue weighted by atomic mass is 16.5. The van der Waals surface area contributed by atoms with Gasteiger partial charge in [-0.2, -0.15) is 0 Å². The first-order valence-electron chi connectivity index (χ1n) is 12.7. The molecule has 1 saturated heterocycles. The Morgan fingerprint density at radius 2 is 1.78 bits per heavy atom. The minimum absolute atomic E-state index is 0.0404. The summed E-state index contributed by atoms with van der Waals surface area (Å²) >= 11 is 0. The monoisotopic (exact) mass is 504 g/mol. The molecule has 196 valence electrons. The van der Waals surface area contributed by atoms with E-state index in [4.69, 9.17) is 15.2 Å². The van der Waals surface area contributed by atoms with Gasteiger partial charge in [0.05, 0.1) is 20.3 Å². The number of methoxy groups -OCH3 is 2. The molecule has 2 amide bonds. The van der Waals surface area contributed by atoms with Crippen molar-refractivity contribution in [2.24, 2.45) is 5.73 Å². The Hall–Kier alpha value is -3.62. The van der Waals surface area contributed by atoms with Crippen LogP contribution in [0.25, 0.3) is 10.8 Å². The van der Waals surface area contributed by atoms with E-state index in [1.54, 1.807) is 14.2 Å². The number of rotatable bonds is 10. The number of hydrogen-bond acceptors (Lipinski definition) is 6. The molecule has 0 unspecified atom stereocenters. The number of carbonyl (C=O) groups is 2. The maximum absolute atomic E-state index is 13.5. The van der Waals surface area contributed by atoms with Crippen molar-refractivity contribution in [3.8, 4) is 11.5 Å². The lowest BCUT2D eigenvalue weighted by Gasteiger charge is -2.25. The first-order chi connectivity index (χ1) is 18.0. The Balaban J connectivity index is 1.44. The molecule has 0 aromatic heterocycles. The third kappa shape index (κ3) is 6.78. The second-order valence-electron chi connectivity index (χ2n) is 9.39. The van der Waals surface area contributed by atoms with E-state index in [0.29, 0.717) is 56.1 Å². The van der Waals surface area contributed by atoms with E-state index in [0.717, 1.165) is 22.8 Å². The van der Waals surface area contributed by atoms with E-state index in [1.807, 2.05) is 65.6 Å². The number of fused-ring (bicyclic) bond motifs is 1. The van der Waals surface area contributed by atoms with Crippen LogP contribution < -0.4 is 25.8 Å². The number of nitrogens with two attached hydrogens (primary N) is 1. The van der Waals surface area contributed by atoms with Gasteiger partial charge in [-0.05, 0) is 66.4 Å². The average molecular weight is 505 g/mol. The second-order valence-corrected chi connectivity index (χ2v) is 9.39. The van der Waals surface area contributed by atoms with Crippen molar-refractivity contribution in [1.82, 2.24) is 15.5 Å². The van der Waals surface area contributed by atoms with Gasteiger partial charge in [-0.15, -0.1) is 0 Å². The van der Waals surface area contributed by atoms with Gasteiger partial charge in [0.15, 0.2) is 0 Å². The van der Waals surface area contributed by atoms with E-state index >= 15 is 0 Å². The van der Waals surface area contributed by atoms with Crippen LogP contribution in [0.2, 0.25) is 0 Å². The molecule has 3 aromatic carbocycles. The van der Waals surface area contributed by atoms with Crippen LogP contribution in [0.3, 0.4) is 0 Å². The quantitative estimate of drug-likeness (QED) is 0.392. The molecule has 0 spiro atoms. The number of ether oxygens (including phenoxy) is 2. The summed E-state index contributed by atoms with van der Waals surface area (Å²) in [6, 6.07) is 18.9. The number of hydrogen-bond donors (Lipinski definition) is 3. The molecule has 0 saturated carbocycles. The van der Waals surface area contributed by atoms with Crippen molar-refractivity contribution in [2.45, 2.75) is 37.9 Å². The van der Waals surface area contributed by atoms with Gasteiger partial charge in [0, 0.05) is 37.3 Å². The fourth-order valence-electron chi connectivity index (χ4n) is 4.75. The number of benzene rings is 3. The van der Waals surface area contributed by atoms with E-state index in [1.165, 1.54) is 0 Å². The number of amides is 2. The van der Waals surface area contributed by atoms with Crippen molar-refractivity contribution in [3.63, 3.8) is 0 Å². The summed E-state index contributed by atoms with van der Waals surface area (Å²) in [4.78, 5) is 28.2. The Bertz CT molecular complexity index is 1210. The van der Waals surface area contributed by atoms with E-state index in [2.05, 4.69) is 10.6 Å². The van der Waals surface area contributed by atoms with Gasteiger partial charge >= 0.3 is 0 Å². The Kier molecular flexibility index (Phi) is 8.98. The highest BCUT2D eigenvalue weighted by Crippen LogP contribution is 2.24. The minimum Gasteiger partial charge on any atom is -0.497 e. The Morgan fingerprint density at radius 1 is 1.05 bits per heavy atom. The van der Waals surface area contributed by atoms with E-state index < -0.39 is 0 Å². The summed E-state index contributed by atoms with van der Waals surface area (Å²) in [5.41, 5.74) is 7.31. The van der Waals surface area contributed by atoms with Crippen LogP contribution in [0.5, 0.6) is 11.5 Å². The van der Waals surface area contributed by atoms with Gasteiger partial charge in [-0.1, -0.05) is 30.3 Å². The highest BCUT2D eigenvalue weighted by molar-refractivity contribution is 5.98. The molecular weight excluding hydrogens is 468 g/mol. The molecule has 1 heterocycles. The smallest absolute Gasteiger partial charge is 0.251 e. The number of nitrogens with zero attached hydrogens (tertiary/aromatic N) is 1. The zero-order valence-corrected chi connectivity index (χ0v) is 21.5. The first-order valence-corrected chi connectivity index (χ1v) is 12.7. The molecule has 8 nitrogen and oxygen atoms in total. The molecule has 1 aliphatic rings. The summed E-state index contributed by atoms with van der Waals surface area (Å²) in [5, 5.41) is 8.67. The van der Waals surface area contributed by atoms with Crippen LogP contribution >= 0.6 is 0 Å². The molecule has 1 fully saturated rings. The second kappa shape index (κ2) is 12.6. The predicted molar refractivity (Wildman–Crippen MR) is 145 cm³/mol. The van der Waals surface area contributed by atoms with Gasteiger partial charge in [-0.25, -0.2) is 0 Å². The van der Waals surface area contributed by atoms with Gasteiger partial charge in [0.1, 0.15) is 11.5 Å². The van der Waals surface area contributed by atoms with Gasteiger partial charge in [-0.3, -0.25) is 9.59 Å². The average Bonchev–Trinajstić information content (AvgIpc) is 3.08. The molecular formula is C29H36N4O4. The zero-order valence-electron chi connectivity index (χ0n) is 21.5. The van der Waals surface area contributed by atoms with Crippen molar-refractivity contribution in [2.75, 3.05) is 33.9 Å². The molecule has 0 aliphatic carbocycles. The molecule has 0 radical (unpaired) electrons. The lowest BCUT2D eigenvalue weighted by Crippen LogP contribution is -2.48. The summed E-state index contributed by atoms with van der Waals surface area (Å²) in [5.74, 6) is 1.29. The lowest BCUT2D eigenvalue weighted by atomic mass is 10.1. The molecule has 1 aliphatic heterocycles. The first kappa shape index (κ1) is 26.4. The Labute approximate surface area is 218 Å². The van der Waals surface area contributed by atoms with Crippen molar-refractivity contribution >= 4 is 22.6 Å². The molecule has 8 heteroatoms. The maximum atomic E-state index is 13.5. The van der Waals surface area contributed by atoms with Crippen LogP contribution in [0, 0.1) is 0 Å². The highest BCUT2D eigenvalue weighted by Gasteiger charge is 2.30. The SMILES string of the molecule is COc1cc(CN2CC[C@@H](CNC(=O)c3ccc4ccccc4c3)N[C@@H](CCCN)C2=O)cc(OC)c1. The van der Waals surface area contributed by atoms with Crippen molar-refractivity contribution in [3.05, 3.63) is 71.8 Å². The number of nitrogens with one attached hydrogen (secondary N) is 2. The molecule has 4 N–H and O–H groups in total. The largest absolute Gasteiger partial charge is 0.497 e. The normalized spacial score (nSPS) is 17.9. The third-order valence-electron chi connectivity index (χ3n) is 6.80. The number of carbonyl (C=O) groups excluding carboxylic acids is 2. The topological polar surface area (TPSA) is 106 Å². The predicted octanol–water partition coefficient (Wildman–Crippen LogP) is 3.09. The van der Waals surface area contributed by atoms with Crippen molar-refractivity contribution < 1.29 is 19.1 Å². The van der Waals surface area contributed by atoms with Gasteiger partial charge in [0.2, 0.25) is 5.91 Å². The maximum Gasteiger partial charge on any atom is 0.251 e. The van der Waals surface area contributed by atoms with Gasteiger partial charge < -0.3 is 30.7 Å². The van der Waals surface area contributed by atoms with Crippen LogP contribution in [0.1, 0.15) is 35.2 Å². The lowest BCUT2D eigenvalue weighted by molar-refractivity contribution is -0.133. The summed E-state index contributed by atoms with van der Waals surface area (Å²) in [6.07, 6.45) is 2.09. The van der Waals surface area contributed by atoms with E-state index in [9.17, 15) is 9.59 Å². The molecule has 4 rings (SSSR count). The van der Waals surface area contributed by atoms with Crippen LogP contribution in [0.4, 0.5) is 0 Å². The molecule has 0 bridgehead atoms. The molecule has 37 heavy (non-hydrogen) atoms. The van der Waals surface area contributed by atoms with E-state index in [-0.39, 0.29) is 23.9 Å². The third-order valence-corrected chi connectivity index (χ3v) is 6.80. The molecule has 2 atom stereocenters. The minimum atomic E-state index is -0.360. The van der Waals surface area contributed by atoms with Crippen LogP contribution in [-0.2, 0) is 11.3 Å². The molecule has 3 aromatic rings. The summed E-state index contributed by atoms with van der Waals surface area (Å²) in [7, 11) is 3.22. The van der Waals surface area contributed by atoms with Crippen LogP contribution in [0.15, 0.2) is 60.7 Å². The van der Waals surface area contributed by atoms with Crippen LogP contribution in [-0.4, -0.2) is 62.7 Å². The Morgan fingerprint density at radius 3 is 2.49 bits per heavy atom. The zero-order chi connectivity index (χ0) is 26.2. The fraction of sp³-hybridized carbons (Fsp3) is 0.379. The van der Waals surface area contributed by atoms with Crippen molar-refractivity contribution in [1.29, 1.82) is 0 Å².